The van der Waals surface area contributed by atoms with E-state index in [1.165, 1.54) is 0 Å². The molecule has 6 heteroatoms. The van der Waals surface area contributed by atoms with Gasteiger partial charge in [-0.25, -0.2) is 0 Å². The minimum atomic E-state index is -0.349. The van der Waals surface area contributed by atoms with Crippen LogP contribution in [-0.4, -0.2) is 34.2 Å². The average molecular weight is 309 g/mol. The molecule has 0 saturated heterocycles. The van der Waals surface area contributed by atoms with Crippen LogP contribution in [0.4, 0.5) is 5.69 Å². The van der Waals surface area contributed by atoms with E-state index in [9.17, 15) is 14.4 Å². The Morgan fingerprint density at radius 3 is 2.39 bits per heavy atom. The van der Waals surface area contributed by atoms with Crippen LogP contribution in [0.15, 0.2) is 42.6 Å². The maximum Gasteiger partial charge on any atom is 0.261 e. The van der Waals surface area contributed by atoms with Crippen LogP contribution < -0.4 is 5.32 Å². The number of carbonyl (C=O) groups excluding carboxylic acids is 3. The standard InChI is InChI=1S/C17H15N3O3/c1-11-10-12(6-8-18-11)19-15(21)7-9-20-16(22)13-4-2-3-5-14(13)17(20)23/h2-6,8,10H,7,9H2,1H3,(H,18,19,21). The van der Waals surface area contributed by atoms with Gasteiger partial charge in [-0.1, -0.05) is 12.1 Å². The van der Waals surface area contributed by atoms with Crippen LogP contribution in [0.3, 0.4) is 0 Å². The van der Waals surface area contributed by atoms with E-state index in [4.69, 9.17) is 0 Å². The van der Waals surface area contributed by atoms with Crippen molar-refractivity contribution in [2.75, 3.05) is 11.9 Å². The van der Waals surface area contributed by atoms with E-state index in [1.54, 1.807) is 42.6 Å². The topological polar surface area (TPSA) is 79.4 Å². The Bertz CT molecular complexity index is 766. The van der Waals surface area contributed by atoms with Crippen molar-refractivity contribution in [3.05, 3.63) is 59.4 Å². The summed E-state index contributed by atoms with van der Waals surface area (Å²) in [7, 11) is 0. The van der Waals surface area contributed by atoms with Crippen LogP contribution in [-0.2, 0) is 4.79 Å². The van der Waals surface area contributed by atoms with E-state index >= 15 is 0 Å². The number of nitrogens with one attached hydrogen (secondary N) is 1. The van der Waals surface area contributed by atoms with E-state index in [2.05, 4.69) is 10.3 Å². The lowest BCUT2D eigenvalue weighted by molar-refractivity contribution is -0.116. The van der Waals surface area contributed by atoms with E-state index in [0.717, 1.165) is 10.6 Å². The second kappa shape index (κ2) is 6.00. The highest BCUT2D eigenvalue weighted by Crippen LogP contribution is 2.22. The van der Waals surface area contributed by atoms with Gasteiger partial charge in [0.25, 0.3) is 11.8 Å². The van der Waals surface area contributed by atoms with Crippen LogP contribution in [0, 0.1) is 6.92 Å². The first-order chi connectivity index (χ1) is 11.1. The Morgan fingerprint density at radius 2 is 1.78 bits per heavy atom. The first kappa shape index (κ1) is 14.9. The Hall–Kier alpha value is -3.02. The molecule has 2 heterocycles. The summed E-state index contributed by atoms with van der Waals surface area (Å²) in [5, 5.41) is 2.73. The number of nitrogens with zero attached hydrogens (tertiary/aromatic N) is 2. The Kier molecular flexibility index (Phi) is 3.89. The lowest BCUT2D eigenvalue weighted by Gasteiger charge is -2.13. The molecule has 0 radical (unpaired) electrons. The molecule has 1 aromatic carbocycles. The van der Waals surface area contributed by atoms with Crippen molar-refractivity contribution in [1.82, 2.24) is 9.88 Å². The van der Waals surface area contributed by atoms with E-state index in [0.29, 0.717) is 16.8 Å². The molecule has 0 saturated carbocycles. The molecule has 0 atom stereocenters. The minimum absolute atomic E-state index is 0.0485. The van der Waals surface area contributed by atoms with Crippen LogP contribution in [0.5, 0.6) is 0 Å². The Labute approximate surface area is 133 Å². The van der Waals surface area contributed by atoms with Gasteiger partial charge >= 0.3 is 0 Å². The molecule has 6 nitrogen and oxygen atoms in total. The SMILES string of the molecule is Cc1cc(NC(=O)CCN2C(=O)c3ccccc3C2=O)ccn1. The van der Waals surface area contributed by atoms with Gasteiger partial charge < -0.3 is 5.32 Å². The third kappa shape index (κ3) is 2.96. The number of benzene rings is 1. The fraction of sp³-hybridized carbons (Fsp3) is 0.176. The number of rotatable bonds is 4. The number of hydrogen-bond acceptors (Lipinski definition) is 4. The summed E-state index contributed by atoms with van der Waals surface area (Å²) in [5.41, 5.74) is 2.22. The average Bonchev–Trinajstić information content (AvgIpc) is 2.77. The molecule has 0 aliphatic carbocycles. The van der Waals surface area contributed by atoms with Gasteiger partial charge in [-0.3, -0.25) is 24.3 Å². The normalized spacial score (nSPS) is 13.2. The smallest absolute Gasteiger partial charge is 0.261 e. The van der Waals surface area contributed by atoms with E-state index < -0.39 is 0 Å². The number of imide groups is 1. The van der Waals surface area contributed by atoms with E-state index in [-0.39, 0.29) is 30.7 Å². The van der Waals surface area contributed by atoms with Crippen molar-refractivity contribution in [3.63, 3.8) is 0 Å². The second-order valence-corrected chi connectivity index (χ2v) is 5.29. The third-order valence-electron chi connectivity index (χ3n) is 3.62. The largest absolute Gasteiger partial charge is 0.326 e. The van der Waals surface area contributed by atoms with Crippen LogP contribution in [0.1, 0.15) is 32.8 Å². The summed E-state index contributed by atoms with van der Waals surface area (Å²) in [6.07, 6.45) is 1.65. The highest BCUT2D eigenvalue weighted by Gasteiger charge is 2.34. The molecule has 0 unspecified atom stereocenters. The minimum Gasteiger partial charge on any atom is -0.326 e. The quantitative estimate of drug-likeness (QED) is 0.876. The molecule has 1 aliphatic rings. The summed E-state index contributed by atoms with van der Waals surface area (Å²) < 4.78 is 0. The molecule has 1 N–H and O–H groups in total. The number of anilines is 1. The summed E-state index contributed by atoms with van der Waals surface area (Å²) >= 11 is 0. The highest BCUT2D eigenvalue weighted by molar-refractivity contribution is 6.21. The monoisotopic (exact) mass is 309 g/mol. The summed E-state index contributed by atoms with van der Waals surface area (Å²) in [6.45, 7) is 1.89. The van der Waals surface area contributed by atoms with Crippen molar-refractivity contribution in [1.29, 1.82) is 0 Å². The predicted molar refractivity (Wildman–Crippen MR) is 84.0 cm³/mol. The molecule has 0 spiro atoms. The van der Waals surface area contributed by atoms with Gasteiger partial charge in [-0.15, -0.1) is 0 Å². The van der Waals surface area contributed by atoms with Gasteiger partial charge in [0.1, 0.15) is 0 Å². The van der Waals surface area contributed by atoms with Crippen molar-refractivity contribution in [2.45, 2.75) is 13.3 Å². The first-order valence-corrected chi connectivity index (χ1v) is 7.24. The van der Waals surface area contributed by atoms with Crippen molar-refractivity contribution in [2.24, 2.45) is 0 Å². The number of pyridine rings is 1. The lowest BCUT2D eigenvalue weighted by Crippen LogP contribution is -2.32. The summed E-state index contributed by atoms with van der Waals surface area (Å²) in [6, 6.07) is 10.1. The first-order valence-electron chi connectivity index (χ1n) is 7.24. The fourth-order valence-corrected chi connectivity index (χ4v) is 2.50. The predicted octanol–water partition coefficient (Wildman–Crippen LogP) is 2.01. The molecule has 23 heavy (non-hydrogen) atoms. The summed E-state index contributed by atoms with van der Waals surface area (Å²) in [4.78, 5) is 41.5. The Balaban J connectivity index is 1.62. The van der Waals surface area contributed by atoms with Crippen molar-refractivity contribution in [3.8, 4) is 0 Å². The zero-order valence-electron chi connectivity index (χ0n) is 12.6. The van der Waals surface area contributed by atoms with E-state index in [1.807, 2.05) is 6.92 Å². The van der Waals surface area contributed by atoms with Crippen LogP contribution >= 0.6 is 0 Å². The third-order valence-corrected chi connectivity index (χ3v) is 3.62. The van der Waals surface area contributed by atoms with Gasteiger partial charge in [0, 0.05) is 30.5 Å². The molecule has 3 rings (SSSR count). The molecule has 3 amide bonds. The number of fused-ring (bicyclic) bond motifs is 1. The van der Waals surface area contributed by atoms with Crippen molar-refractivity contribution >= 4 is 23.4 Å². The molecule has 0 bridgehead atoms. The van der Waals surface area contributed by atoms with Gasteiger partial charge in [0.15, 0.2) is 0 Å². The fourth-order valence-electron chi connectivity index (χ4n) is 2.50. The van der Waals surface area contributed by atoms with Gasteiger partial charge in [0.2, 0.25) is 5.91 Å². The zero-order valence-corrected chi connectivity index (χ0v) is 12.6. The molecule has 116 valence electrons. The highest BCUT2D eigenvalue weighted by atomic mass is 16.2. The lowest BCUT2D eigenvalue weighted by atomic mass is 10.1. The van der Waals surface area contributed by atoms with Gasteiger partial charge in [-0.2, -0.15) is 0 Å². The second-order valence-electron chi connectivity index (χ2n) is 5.29. The zero-order chi connectivity index (χ0) is 16.4. The molecule has 1 aromatic heterocycles. The maximum absolute atomic E-state index is 12.2. The van der Waals surface area contributed by atoms with Crippen molar-refractivity contribution < 1.29 is 14.4 Å². The molecule has 0 fully saturated rings. The van der Waals surface area contributed by atoms with Gasteiger partial charge in [-0.05, 0) is 31.2 Å². The molecular weight excluding hydrogens is 294 g/mol. The number of aryl methyl sites for hydroxylation is 1. The number of amides is 3. The van der Waals surface area contributed by atoms with Crippen LogP contribution in [0.25, 0.3) is 0 Å². The molecule has 1 aliphatic heterocycles. The molecule has 2 aromatic rings. The maximum atomic E-state index is 12.2. The number of aromatic nitrogens is 1. The number of carbonyl (C=O) groups is 3. The number of hydrogen-bond donors (Lipinski definition) is 1. The van der Waals surface area contributed by atoms with Gasteiger partial charge in [0.05, 0.1) is 11.1 Å². The summed E-state index contributed by atoms with van der Waals surface area (Å²) in [5.74, 6) is -0.955. The molecular formula is C17H15N3O3. The Morgan fingerprint density at radius 1 is 1.13 bits per heavy atom. The van der Waals surface area contributed by atoms with Crippen LogP contribution in [0.2, 0.25) is 0 Å².